The molecule has 4 unspecified atom stereocenters. The zero-order chi connectivity index (χ0) is 28.4. The van der Waals surface area contributed by atoms with E-state index in [-0.39, 0.29) is 48.6 Å². The fourth-order valence-corrected chi connectivity index (χ4v) is 6.18. The highest BCUT2D eigenvalue weighted by Gasteiger charge is 2.51. The maximum atomic E-state index is 14.0. The molecule has 2 heterocycles. The molecule has 5 rings (SSSR count). The number of imide groups is 1. The van der Waals surface area contributed by atoms with Crippen molar-refractivity contribution >= 4 is 17.8 Å². The van der Waals surface area contributed by atoms with Crippen LogP contribution in [0.15, 0.2) is 42.5 Å². The number of carbonyl (C=O) groups excluding carboxylic acids is 3. The number of carbonyl (C=O) groups is 3. The van der Waals surface area contributed by atoms with Crippen LogP contribution in [0.4, 0.5) is 4.79 Å². The second kappa shape index (κ2) is 12.1. The Morgan fingerprint density at radius 1 is 0.925 bits per heavy atom. The number of fused-ring (bicyclic) bond motifs is 1. The normalized spacial score (nSPS) is 25.2. The van der Waals surface area contributed by atoms with E-state index >= 15 is 0 Å². The lowest BCUT2D eigenvalue weighted by atomic mass is 9.77. The van der Waals surface area contributed by atoms with E-state index in [0.29, 0.717) is 51.3 Å². The minimum atomic E-state index is -0.388. The molecule has 4 amide bonds. The van der Waals surface area contributed by atoms with Gasteiger partial charge in [0.1, 0.15) is 0 Å². The lowest BCUT2D eigenvalue weighted by Crippen LogP contribution is -2.64. The van der Waals surface area contributed by atoms with Crippen LogP contribution in [0, 0.1) is 19.8 Å². The number of benzene rings is 2. The van der Waals surface area contributed by atoms with Gasteiger partial charge in [0, 0.05) is 45.5 Å². The topological polar surface area (TPSA) is 88.6 Å². The summed E-state index contributed by atoms with van der Waals surface area (Å²) in [5.74, 6) is -0.610. The van der Waals surface area contributed by atoms with Crippen LogP contribution in [0.25, 0.3) is 0 Å². The molecule has 3 aliphatic rings. The van der Waals surface area contributed by atoms with Gasteiger partial charge in [-0.15, -0.1) is 0 Å². The van der Waals surface area contributed by atoms with Crippen LogP contribution in [0.2, 0.25) is 0 Å². The summed E-state index contributed by atoms with van der Waals surface area (Å²) in [7, 11) is 3.29. The van der Waals surface area contributed by atoms with Crippen molar-refractivity contribution in [1.82, 2.24) is 14.7 Å². The standard InChI is InChI=1S/C31H39N3O6/c1-20-5-6-21(2)24(15-20)19-33-26-17-28(39-4)27(38-3)16-25(26)30(36)34(31(33)37)18-22-7-9-23(10-8-22)29(35)32-11-13-40-14-12-32/h5-10,15,25-28H,11-14,16-19H2,1-4H3. The Hall–Kier alpha value is -3.27. The zero-order valence-electron chi connectivity index (χ0n) is 23.8. The molecule has 2 aliphatic heterocycles. The minimum Gasteiger partial charge on any atom is -0.379 e. The summed E-state index contributed by atoms with van der Waals surface area (Å²) in [5.41, 5.74) is 4.67. The molecule has 40 heavy (non-hydrogen) atoms. The number of amides is 4. The van der Waals surface area contributed by atoms with Crippen molar-refractivity contribution in [2.45, 2.75) is 58.0 Å². The molecule has 0 radical (unpaired) electrons. The third kappa shape index (κ3) is 5.64. The lowest BCUT2D eigenvalue weighted by Gasteiger charge is -2.50. The van der Waals surface area contributed by atoms with Crippen LogP contribution >= 0.6 is 0 Å². The van der Waals surface area contributed by atoms with Crippen LogP contribution in [-0.4, -0.2) is 91.3 Å². The number of hydrogen-bond donors (Lipinski definition) is 0. The summed E-state index contributed by atoms with van der Waals surface area (Å²) in [6, 6.07) is 12.9. The molecule has 3 fully saturated rings. The molecular formula is C31H39N3O6. The highest BCUT2D eigenvalue weighted by Crippen LogP contribution is 2.38. The molecule has 4 atom stereocenters. The van der Waals surface area contributed by atoms with Crippen molar-refractivity contribution < 1.29 is 28.6 Å². The van der Waals surface area contributed by atoms with Crippen molar-refractivity contribution in [3.63, 3.8) is 0 Å². The third-order valence-electron chi connectivity index (χ3n) is 8.59. The summed E-state index contributed by atoms with van der Waals surface area (Å²) < 4.78 is 16.8. The fourth-order valence-electron chi connectivity index (χ4n) is 6.18. The minimum absolute atomic E-state index is 0.0389. The number of rotatable bonds is 7. The molecule has 2 saturated heterocycles. The molecular weight excluding hydrogens is 510 g/mol. The molecule has 2 aromatic rings. The van der Waals surface area contributed by atoms with E-state index in [9.17, 15) is 14.4 Å². The van der Waals surface area contributed by atoms with Crippen LogP contribution < -0.4 is 0 Å². The lowest BCUT2D eigenvalue weighted by molar-refractivity contribution is -0.152. The van der Waals surface area contributed by atoms with Gasteiger partial charge < -0.3 is 24.0 Å². The van der Waals surface area contributed by atoms with Gasteiger partial charge in [0.05, 0.1) is 37.9 Å². The molecule has 0 spiro atoms. The second-order valence-electron chi connectivity index (χ2n) is 11.1. The molecule has 0 bridgehead atoms. The molecule has 1 saturated carbocycles. The van der Waals surface area contributed by atoms with E-state index in [0.717, 1.165) is 22.3 Å². The van der Waals surface area contributed by atoms with Crippen molar-refractivity contribution in [3.8, 4) is 0 Å². The summed E-state index contributed by atoms with van der Waals surface area (Å²) >= 11 is 0. The smallest absolute Gasteiger partial charge is 0.327 e. The van der Waals surface area contributed by atoms with Gasteiger partial charge in [-0.2, -0.15) is 0 Å². The first-order chi connectivity index (χ1) is 19.3. The number of ether oxygens (including phenoxy) is 3. The van der Waals surface area contributed by atoms with E-state index in [2.05, 4.69) is 18.2 Å². The number of methoxy groups -OCH3 is 2. The van der Waals surface area contributed by atoms with Crippen LogP contribution in [0.3, 0.4) is 0 Å². The van der Waals surface area contributed by atoms with Gasteiger partial charge in [-0.1, -0.05) is 35.9 Å². The van der Waals surface area contributed by atoms with Crippen LogP contribution in [0.5, 0.6) is 0 Å². The number of morpholine rings is 1. The molecule has 9 nitrogen and oxygen atoms in total. The molecule has 1 aliphatic carbocycles. The van der Waals surface area contributed by atoms with Crippen molar-refractivity contribution in [1.29, 1.82) is 0 Å². The summed E-state index contributed by atoms with van der Waals surface area (Å²) in [5, 5.41) is 0. The number of urea groups is 1. The first-order valence-corrected chi connectivity index (χ1v) is 14.0. The van der Waals surface area contributed by atoms with Gasteiger partial charge >= 0.3 is 6.03 Å². The largest absolute Gasteiger partial charge is 0.379 e. The van der Waals surface area contributed by atoms with E-state index in [1.54, 1.807) is 31.3 Å². The number of aryl methyl sites for hydroxylation is 2. The van der Waals surface area contributed by atoms with Gasteiger partial charge in [0.15, 0.2) is 0 Å². The number of hydrogen-bond acceptors (Lipinski definition) is 6. The Labute approximate surface area is 236 Å². The average molecular weight is 550 g/mol. The second-order valence-corrected chi connectivity index (χ2v) is 11.1. The summed E-state index contributed by atoms with van der Waals surface area (Å²) in [6.07, 6.45) is 0.599. The molecule has 214 valence electrons. The maximum Gasteiger partial charge on any atom is 0.327 e. The Bertz CT molecular complexity index is 1240. The van der Waals surface area contributed by atoms with E-state index in [4.69, 9.17) is 14.2 Å². The zero-order valence-corrected chi connectivity index (χ0v) is 23.8. The quantitative estimate of drug-likeness (QED) is 0.525. The first kappa shape index (κ1) is 28.3. The molecule has 0 N–H and O–H groups in total. The van der Waals surface area contributed by atoms with Crippen molar-refractivity contribution in [2.75, 3.05) is 40.5 Å². The average Bonchev–Trinajstić information content (AvgIpc) is 2.98. The van der Waals surface area contributed by atoms with Crippen molar-refractivity contribution in [3.05, 3.63) is 70.3 Å². The summed E-state index contributed by atoms with van der Waals surface area (Å²) in [6.45, 7) is 6.86. The SMILES string of the molecule is COC1CC2C(=O)N(Cc3ccc(C(=O)N4CCOCC4)cc3)C(=O)N(Cc3cc(C)ccc3C)C2CC1OC. The summed E-state index contributed by atoms with van der Waals surface area (Å²) in [4.78, 5) is 45.7. The Morgan fingerprint density at radius 2 is 1.60 bits per heavy atom. The number of nitrogens with zero attached hydrogens (tertiary/aromatic N) is 3. The fraction of sp³-hybridized carbons (Fsp3) is 0.516. The predicted molar refractivity (Wildman–Crippen MR) is 149 cm³/mol. The first-order valence-electron chi connectivity index (χ1n) is 14.0. The molecule has 9 heteroatoms. The van der Waals surface area contributed by atoms with Gasteiger partial charge in [-0.25, -0.2) is 4.79 Å². The van der Waals surface area contributed by atoms with Crippen LogP contribution in [0.1, 0.15) is 45.5 Å². The van der Waals surface area contributed by atoms with E-state index in [1.807, 2.05) is 30.9 Å². The Kier molecular flexibility index (Phi) is 8.54. The van der Waals surface area contributed by atoms with Gasteiger partial charge in [0.25, 0.3) is 5.91 Å². The van der Waals surface area contributed by atoms with Gasteiger partial charge in [-0.05, 0) is 55.5 Å². The Morgan fingerprint density at radius 3 is 2.27 bits per heavy atom. The van der Waals surface area contributed by atoms with Crippen molar-refractivity contribution in [2.24, 2.45) is 5.92 Å². The van der Waals surface area contributed by atoms with E-state index < -0.39 is 0 Å². The molecule has 0 aromatic heterocycles. The van der Waals surface area contributed by atoms with Gasteiger partial charge in [0.2, 0.25) is 5.91 Å². The molecule has 2 aromatic carbocycles. The van der Waals surface area contributed by atoms with Gasteiger partial charge in [-0.3, -0.25) is 14.5 Å². The van der Waals surface area contributed by atoms with Crippen LogP contribution in [-0.2, 0) is 32.1 Å². The highest BCUT2D eigenvalue weighted by atomic mass is 16.5. The monoisotopic (exact) mass is 549 g/mol. The predicted octanol–water partition coefficient (Wildman–Crippen LogP) is 3.55. The maximum absolute atomic E-state index is 14.0. The third-order valence-corrected chi connectivity index (χ3v) is 8.59. The van der Waals surface area contributed by atoms with E-state index in [1.165, 1.54) is 4.90 Å². The highest BCUT2D eigenvalue weighted by molar-refractivity contribution is 5.99. The Balaban J connectivity index is 1.40.